The fraction of sp³-hybridized carbons (Fsp3) is 0.0870. The van der Waals surface area contributed by atoms with Gasteiger partial charge in [0.15, 0.2) is 11.0 Å². The normalized spacial score (nSPS) is 11.2. The summed E-state index contributed by atoms with van der Waals surface area (Å²) >= 11 is 1.23. The van der Waals surface area contributed by atoms with E-state index in [0.29, 0.717) is 16.7 Å². The van der Waals surface area contributed by atoms with Crippen molar-refractivity contribution in [1.82, 2.24) is 14.8 Å². The number of primary sulfonamides is 1. The zero-order valence-electron chi connectivity index (χ0n) is 18.1. The maximum Gasteiger partial charge on any atom is 0.238 e. The topological polar surface area (TPSA) is 129 Å². The Labute approximate surface area is 201 Å². The van der Waals surface area contributed by atoms with Gasteiger partial charge in [-0.25, -0.2) is 13.6 Å². The molecule has 1 aromatic heterocycles. The Bertz CT molecular complexity index is 1390. The predicted octanol–water partition coefficient (Wildman–Crippen LogP) is 3.32. The second-order valence-corrected chi connectivity index (χ2v) is 9.62. The Hall–Kier alpha value is -3.67. The number of methoxy groups -OCH3 is 1. The van der Waals surface area contributed by atoms with Gasteiger partial charge in [-0.3, -0.25) is 9.36 Å². The summed E-state index contributed by atoms with van der Waals surface area (Å²) in [5, 5.41) is 17.1. The van der Waals surface area contributed by atoms with E-state index in [0.717, 1.165) is 17.0 Å². The second kappa shape index (κ2) is 10.1. The van der Waals surface area contributed by atoms with Crippen molar-refractivity contribution in [2.24, 2.45) is 5.14 Å². The second-order valence-electron chi connectivity index (χ2n) is 7.11. The summed E-state index contributed by atoms with van der Waals surface area (Å²) in [7, 11) is -2.19. The van der Waals surface area contributed by atoms with Gasteiger partial charge in [-0.15, -0.1) is 10.2 Å². The average Bonchev–Trinajstić information content (AvgIpc) is 3.27. The minimum Gasteiger partial charge on any atom is -0.497 e. The van der Waals surface area contributed by atoms with E-state index in [1.165, 1.54) is 36.0 Å². The molecule has 34 heavy (non-hydrogen) atoms. The third-order valence-corrected chi connectivity index (χ3v) is 6.65. The molecular formula is C23H21N5O4S2. The highest BCUT2D eigenvalue weighted by molar-refractivity contribution is 7.99. The van der Waals surface area contributed by atoms with Gasteiger partial charge in [-0.1, -0.05) is 42.1 Å². The molecule has 174 valence electrons. The number of hydrogen-bond acceptors (Lipinski definition) is 7. The summed E-state index contributed by atoms with van der Waals surface area (Å²) in [6.07, 6.45) is 0. The molecule has 0 aliphatic rings. The summed E-state index contributed by atoms with van der Waals surface area (Å²) in [6.45, 7) is 0. The van der Waals surface area contributed by atoms with Crippen molar-refractivity contribution in [2.75, 3.05) is 18.2 Å². The molecule has 0 saturated carbocycles. The minimum atomic E-state index is -3.79. The van der Waals surface area contributed by atoms with Crippen LogP contribution in [0.3, 0.4) is 0 Å². The molecule has 4 rings (SSSR count). The molecule has 0 atom stereocenters. The molecule has 3 aromatic carbocycles. The number of anilines is 1. The van der Waals surface area contributed by atoms with E-state index < -0.39 is 10.0 Å². The Morgan fingerprint density at radius 2 is 1.68 bits per heavy atom. The van der Waals surface area contributed by atoms with Crippen LogP contribution in [-0.4, -0.2) is 42.0 Å². The van der Waals surface area contributed by atoms with Crippen molar-refractivity contribution in [1.29, 1.82) is 0 Å². The number of nitrogens with one attached hydrogen (secondary N) is 1. The van der Waals surface area contributed by atoms with Gasteiger partial charge in [-0.2, -0.15) is 0 Å². The number of thioether (sulfide) groups is 1. The van der Waals surface area contributed by atoms with Crippen molar-refractivity contribution in [3.63, 3.8) is 0 Å². The zero-order valence-corrected chi connectivity index (χ0v) is 19.7. The number of benzene rings is 3. The van der Waals surface area contributed by atoms with Crippen LogP contribution in [-0.2, 0) is 14.8 Å². The molecule has 9 nitrogen and oxygen atoms in total. The predicted molar refractivity (Wildman–Crippen MR) is 131 cm³/mol. The quantitative estimate of drug-likeness (QED) is 0.359. The number of carbonyl (C=O) groups is 1. The SMILES string of the molecule is COc1ccc(-n2c(SCC(=O)Nc3ccc(S(N)(=O)=O)cc3)nnc2-c2ccccc2)cc1. The lowest BCUT2D eigenvalue weighted by Gasteiger charge is -2.11. The number of nitrogens with two attached hydrogens (primary N) is 1. The van der Waals surface area contributed by atoms with E-state index >= 15 is 0 Å². The van der Waals surface area contributed by atoms with Crippen LogP contribution in [0.2, 0.25) is 0 Å². The first-order valence-corrected chi connectivity index (χ1v) is 12.6. The number of hydrogen-bond donors (Lipinski definition) is 2. The molecule has 1 heterocycles. The zero-order chi connectivity index (χ0) is 24.1. The maximum atomic E-state index is 12.5. The van der Waals surface area contributed by atoms with Crippen molar-refractivity contribution in [3.05, 3.63) is 78.9 Å². The number of nitrogens with zero attached hydrogens (tertiary/aromatic N) is 3. The lowest BCUT2D eigenvalue weighted by Crippen LogP contribution is -2.15. The summed E-state index contributed by atoms with van der Waals surface area (Å²) in [6, 6.07) is 22.8. The van der Waals surface area contributed by atoms with Crippen LogP contribution in [0.25, 0.3) is 17.1 Å². The molecule has 0 radical (unpaired) electrons. The number of sulfonamides is 1. The highest BCUT2D eigenvalue weighted by Crippen LogP contribution is 2.29. The fourth-order valence-corrected chi connectivity index (χ4v) is 4.42. The number of carbonyl (C=O) groups excluding carboxylic acids is 1. The molecule has 0 aliphatic carbocycles. The number of ether oxygens (including phenoxy) is 1. The van der Waals surface area contributed by atoms with Gasteiger partial charge in [0.25, 0.3) is 0 Å². The Balaban J connectivity index is 1.54. The number of rotatable bonds is 8. The Kier molecular flexibility index (Phi) is 6.96. The molecule has 4 aromatic rings. The molecule has 0 spiro atoms. The molecule has 0 unspecified atom stereocenters. The van der Waals surface area contributed by atoms with E-state index in [-0.39, 0.29) is 16.6 Å². The molecular weight excluding hydrogens is 474 g/mol. The van der Waals surface area contributed by atoms with E-state index in [4.69, 9.17) is 9.88 Å². The number of amides is 1. The van der Waals surface area contributed by atoms with Gasteiger partial charge >= 0.3 is 0 Å². The van der Waals surface area contributed by atoms with Crippen LogP contribution in [0.4, 0.5) is 5.69 Å². The lowest BCUT2D eigenvalue weighted by atomic mass is 10.2. The maximum absolute atomic E-state index is 12.5. The van der Waals surface area contributed by atoms with Gasteiger partial charge < -0.3 is 10.1 Å². The summed E-state index contributed by atoms with van der Waals surface area (Å²) in [5.74, 6) is 1.16. The third kappa shape index (κ3) is 5.45. The molecule has 3 N–H and O–H groups in total. The smallest absolute Gasteiger partial charge is 0.238 e. The standard InChI is InChI=1S/C23H21N5O4S2/c1-32-19-11-9-18(10-12-19)28-22(16-5-3-2-4-6-16)26-27-23(28)33-15-21(29)25-17-7-13-20(14-8-17)34(24,30)31/h2-14H,15H2,1H3,(H,25,29)(H2,24,30,31). The lowest BCUT2D eigenvalue weighted by molar-refractivity contribution is -0.113. The van der Waals surface area contributed by atoms with Crippen molar-refractivity contribution in [3.8, 4) is 22.8 Å². The number of aromatic nitrogens is 3. The molecule has 0 saturated heterocycles. The van der Waals surface area contributed by atoms with Crippen LogP contribution in [0.5, 0.6) is 5.75 Å². The third-order valence-electron chi connectivity index (χ3n) is 4.79. The van der Waals surface area contributed by atoms with Gasteiger partial charge in [0.05, 0.1) is 17.8 Å². The highest BCUT2D eigenvalue weighted by Gasteiger charge is 2.17. The van der Waals surface area contributed by atoms with Gasteiger partial charge in [0, 0.05) is 16.9 Å². The van der Waals surface area contributed by atoms with Crippen molar-refractivity contribution >= 4 is 33.4 Å². The van der Waals surface area contributed by atoms with Crippen LogP contribution >= 0.6 is 11.8 Å². The van der Waals surface area contributed by atoms with Gasteiger partial charge in [-0.05, 0) is 48.5 Å². The minimum absolute atomic E-state index is 0.0269. The monoisotopic (exact) mass is 495 g/mol. The van der Waals surface area contributed by atoms with Gasteiger partial charge in [0.2, 0.25) is 15.9 Å². The summed E-state index contributed by atoms with van der Waals surface area (Å²) < 4.78 is 29.9. The van der Waals surface area contributed by atoms with Crippen LogP contribution in [0.15, 0.2) is 88.9 Å². The Morgan fingerprint density at radius 3 is 2.29 bits per heavy atom. The van der Waals surface area contributed by atoms with E-state index in [1.54, 1.807) is 7.11 Å². The van der Waals surface area contributed by atoms with Crippen LogP contribution < -0.4 is 15.2 Å². The molecule has 1 amide bonds. The van der Waals surface area contributed by atoms with Crippen molar-refractivity contribution in [2.45, 2.75) is 10.1 Å². The average molecular weight is 496 g/mol. The fourth-order valence-electron chi connectivity index (χ4n) is 3.16. The largest absolute Gasteiger partial charge is 0.497 e. The van der Waals surface area contributed by atoms with E-state index in [1.807, 2.05) is 59.2 Å². The first kappa shape index (κ1) is 23.5. The Morgan fingerprint density at radius 1 is 1.00 bits per heavy atom. The first-order valence-electron chi connectivity index (χ1n) is 10.1. The summed E-state index contributed by atoms with van der Waals surface area (Å²) in [4.78, 5) is 12.5. The molecule has 0 fully saturated rings. The van der Waals surface area contributed by atoms with Crippen LogP contribution in [0.1, 0.15) is 0 Å². The van der Waals surface area contributed by atoms with Crippen molar-refractivity contribution < 1.29 is 17.9 Å². The molecule has 0 bridgehead atoms. The highest BCUT2D eigenvalue weighted by atomic mass is 32.2. The summed E-state index contributed by atoms with van der Waals surface area (Å²) in [5.41, 5.74) is 2.17. The van der Waals surface area contributed by atoms with E-state index in [9.17, 15) is 13.2 Å². The van der Waals surface area contributed by atoms with E-state index in [2.05, 4.69) is 15.5 Å². The molecule has 11 heteroatoms. The van der Waals surface area contributed by atoms with Gasteiger partial charge in [0.1, 0.15) is 5.75 Å². The van der Waals surface area contributed by atoms with Crippen LogP contribution in [0, 0.1) is 0 Å². The molecule has 0 aliphatic heterocycles. The first-order chi connectivity index (χ1) is 16.3.